The Morgan fingerprint density at radius 2 is 1.92 bits per heavy atom. The zero-order chi connectivity index (χ0) is 18.2. The van der Waals surface area contributed by atoms with Crippen LogP contribution < -0.4 is 5.73 Å². The molecule has 3 rings (SSSR count). The van der Waals surface area contributed by atoms with E-state index in [2.05, 4.69) is 0 Å². The first-order valence-corrected chi connectivity index (χ1v) is 10.0. The first-order valence-electron chi connectivity index (χ1n) is 7.69. The minimum Gasteiger partial charge on any atom is -0.393 e. The summed E-state index contributed by atoms with van der Waals surface area (Å²) in [6.45, 7) is 0.135. The first-order chi connectivity index (χ1) is 11.9. The number of ether oxygens (including phenoxy) is 1. The zero-order valence-electron chi connectivity index (χ0n) is 13.6. The minimum absolute atomic E-state index is 0.135. The van der Waals surface area contributed by atoms with Crippen molar-refractivity contribution < 1.29 is 13.2 Å². The number of thiocarbonyl (C=S) groups is 1. The summed E-state index contributed by atoms with van der Waals surface area (Å²) in [6, 6.07) is 15.5. The smallest absolute Gasteiger partial charge is 0.182 e. The van der Waals surface area contributed by atoms with Crippen LogP contribution in [-0.2, 0) is 14.6 Å². The van der Waals surface area contributed by atoms with Crippen LogP contribution in [0.2, 0.25) is 5.02 Å². The quantitative estimate of drug-likeness (QED) is 0.760. The van der Waals surface area contributed by atoms with Crippen molar-refractivity contribution >= 4 is 38.6 Å². The highest BCUT2D eigenvalue weighted by atomic mass is 35.5. The maximum atomic E-state index is 13.3. The van der Waals surface area contributed by atoms with Gasteiger partial charge in [-0.3, -0.25) is 0 Å². The lowest BCUT2D eigenvalue weighted by Crippen LogP contribution is -2.33. The van der Waals surface area contributed by atoms with Gasteiger partial charge in [-0.15, -0.1) is 0 Å². The molecule has 0 bridgehead atoms. The number of rotatable bonds is 6. The highest BCUT2D eigenvalue weighted by Crippen LogP contribution is 2.64. The summed E-state index contributed by atoms with van der Waals surface area (Å²) in [5.74, 6) is -0.395. The number of sulfone groups is 1. The molecule has 1 aliphatic rings. The van der Waals surface area contributed by atoms with E-state index >= 15 is 0 Å². The molecule has 4 nitrogen and oxygen atoms in total. The SMILES string of the molecule is COC[C@]1(C(N)=S)[C@@H](c2cccc(Cl)c2)[C@@H]1S(=O)(=O)c1ccccc1. The second kappa shape index (κ2) is 6.68. The van der Waals surface area contributed by atoms with Gasteiger partial charge in [0.25, 0.3) is 0 Å². The van der Waals surface area contributed by atoms with Gasteiger partial charge in [0, 0.05) is 18.1 Å². The molecule has 1 fully saturated rings. The Morgan fingerprint density at radius 3 is 2.48 bits per heavy atom. The average Bonchev–Trinajstić information content (AvgIpc) is 3.27. The molecule has 7 heteroatoms. The van der Waals surface area contributed by atoms with Gasteiger partial charge < -0.3 is 10.5 Å². The van der Waals surface area contributed by atoms with Crippen LogP contribution in [0.15, 0.2) is 59.5 Å². The van der Waals surface area contributed by atoms with Crippen LogP contribution >= 0.6 is 23.8 Å². The summed E-state index contributed by atoms with van der Waals surface area (Å²) in [7, 11) is -2.13. The van der Waals surface area contributed by atoms with Gasteiger partial charge in [-0.1, -0.05) is 54.2 Å². The Labute approximate surface area is 157 Å². The fourth-order valence-corrected chi connectivity index (χ4v) is 6.56. The predicted octanol–water partition coefficient (Wildman–Crippen LogP) is 3.20. The molecule has 0 unspecified atom stereocenters. The molecule has 25 heavy (non-hydrogen) atoms. The molecule has 2 aromatic rings. The largest absolute Gasteiger partial charge is 0.393 e. The van der Waals surface area contributed by atoms with E-state index in [0.29, 0.717) is 5.02 Å². The Balaban J connectivity index is 2.14. The number of halogens is 1. The lowest BCUT2D eigenvalue weighted by atomic mass is 10.00. The molecular weight excluding hydrogens is 378 g/mol. The molecule has 0 amide bonds. The minimum atomic E-state index is -3.64. The number of methoxy groups -OCH3 is 1. The summed E-state index contributed by atoms with van der Waals surface area (Å²) in [5.41, 5.74) is 5.86. The fourth-order valence-electron chi connectivity index (χ4n) is 3.57. The van der Waals surface area contributed by atoms with Crippen LogP contribution in [0.5, 0.6) is 0 Å². The highest BCUT2D eigenvalue weighted by Gasteiger charge is 2.73. The lowest BCUT2D eigenvalue weighted by Gasteiger charge is -2.16. The van der Waals surface area contributed by atoms with E-state index in [1.165, 1.54) is 7.11 Å². The van der Waals surface area contributed by atoms with Gasteiger partial charge in [0.15, 0.2) is 9.84 Å². The monoisotopic (exact) mass is 395 g/mol. The number of nitrogens with two attached hydrogens (primary N) is 1. The average molecular weight is 396 g/mol. The van der Waals surface area contributed by atoms with E-state index in [1.807, 2.05) is 6.07 Å². The van der Waals surface area contributed by atoms with Crippen LogP contribution in [0.4, 0.5) is 0 Å². The van der Waals surface area contributed by atoms with E-state index in [1.54, 1.807) is 48.5 Å². The van der Waals surface area contributed by atoms with Gasteiger partial charge in [-0.2, -0.15) is 0 Å². The maximum absolute atomic E-state index is 13.3. The van der Waals surface area contributed by atoms with Gasteiger partial charge >= 0.3 is 0 Å². The molecule has 0 aliphatic heterocycles. The molecule has 2 aromatic carbocycles. The fraction of sp³-hybridized carbons (Fsp3) is 0.278. The standard InChI is InChI=1S/C18H18ClNO3S2/c1-23-11-18(17(20)24)15(12-6-5-7-13(19)10-12)16(18)25(21,22)14-8-3-2-4-9-14/h2-10,15-16H,11H2,1H3,(H2,20,24)/t15-,16-,18-/m0/s1. The third kappa shape index (κ3) is 2.97. The summed E-state index contributed by atoms with van der Waals surface area (Å²) >= 11 is 11.4. The Hall–Kier alpha value is -1.47. The van der Waals surface area contributed by atoms with Crippen molar-refractivity contribution in [3.63, 3.8) is 0 Å². The number of hydrogen-bond donors (Lipinski definition) is 1. The van der Waals surface area contributed by atoms with Crippen LogP contribution in [0.1, 0.15) is 11.5 Å². The van der Waals surface area contributed by atoms with Crippen molar-refractivity contribution in [3.05, 3.63) is 65.2 Å². The normalized spacial score (nSPS) is 25.5. The van der Waals surface area contributed by atoms with E-state index in [4.69, 9.17) is 34.3 Å². The molecule has 0 aromatic heterocycles. The highest BCUT2D eigenvalue weighted by molar-refractivity contribution is 7.92. The molecule has 132 valence electrons. The molecule has 0 saturated heterocycles. The summed E-state index contributed by atoms with van der Waals surface area (Å²) < 4.78 is 31.8. The molecule has 0 spiro atoms. The summed E-state index contributed by atoms with van der Waals surface area (Å²) in [4.78, 5) is 0.394. The molecule has 1 aliphatic carbocycles. The third-order valence-electron chi connectivity index (χ3n) is 4.71. The van der Waals surface area contributed by atoms with Crippen LogP contribution in [-0.4, -0.2) is 32.4 Å². The van der Waals surface area contributed by atoms with Crippen molar-refractivity contribution in [2.45, 2.75) is 16.1 Å². The van der Waals surface area contributed by atoms with Crippen molar-refractivity contribution in [1.82, 2.24) is 0 Å². The number of benzene rings is 2. The first kappa shape index (κ1) is 18.3. The molecule has 1 saturated carbocycles. The Morgan fingerprint density at radius 1 is 1.24 bits per heavy atom. The molecule has 3 atom stereocenters. The van der Waals surface area contributed by atoms with Gasteiger partial charge in [0.2, 0.25) is 0 Å². The van der Waals surface area contributed by atoms with Gasteiger partial charge in [0.1, 0.15) is 0 Å². The van der Waals surface area contributed by atoms with Crippen molar-refractivity contribution in [1.29, 1.82) is 0 Å². The van der Waals surface area contributed by atoms with Gasteiger partial charge in [-0.25, -0.2) is 8.42 Å². The maximum Gasteiger partial charge on any atom is 0.182 e. The van der Waals surface area contributed by atoms with Crippen molar-refractivity contribution in [2.75, 3.05) is 13.7 Å². The summed E-state index contributed by atoms with van der Waals surface area (Å²) in [5, 5.41) is -0.243. The van der Waals surface area contributed by atoms with Crippen molar-refractivity contribution in [2.24, 2.45) is 11.1 Å². The van der Waals surface area contributed by atoms with Crippen LogP contribution in [0, 0.1) is 5.41 Å². The Bertz CT molecular complexity index is 902. The van der Waals surface area contributed by atoms with Crippen LogP contribution in [0.3, 0.4) is 0 Å². The summed E-state index contributed by atoms with van der Waals surface area (Å²) in [6.07, 6.45) is 0. The lowest BCUT2D eigenvalue weighted by molar-refractivity contribution is 0.166. The van der Waals surface area contributed by atoms with Gasteiger partial charge in [-0.05, 0) is 29.8 Å². The predicted molar refractivity (Wildman–Crippen MR) is 103 cm³/mol. The molecule has 0 radical (unpaired) electrons. The van der Waals surface area contributed by atoms with E-state index in [0.717, 1.165) is 5.56 Å². The second-order valence-electron chi connectivity index (χ2n) is 6.15. The zero-order valence-corrected chi connectivity index (χ0v) is 15.9. The van der Waals surface area contributed by atoms with Gasteiger partial charge in [0.05, 0.1) is 27.2 Å². The van der Waals surface area contributed by atoms with Crippen LogP contribution in [0.25, 0.3) is 0 Å². The molecule has 2 N–H and O–H groups in total. The van der Waals surface area contributed by atoms with E-state index < -0.39 is 26.4 Å². The van der Waals surface area contributed by atoms with Crippen molar-refractivity contribution in [3.8, 4) is 0 Å². The van der Waals surface area contributed by atoms with E-state index in [-0.39, 0.29) is 16.5 Å². The third-order valence-corrected chi connectivity index (χ3v) is 7.62. The number of hydrogen-bond acceptors (Lipinski definition) is 4. The topological polar surface area (TPSA) is 69.4 Å². The molecular formula is C18H18ClNO3S2. The van der Waals surface area contributed by atoms with E-state index in [9.17, 15) is 8.42 Å². The second-order valence-corrected chi connectivity index (χ2v) is 9.09. The Kier molecular flexibility index (Phi) is 4.90. The molecule has 0 heterocycles.